The van der Waals surface area contributed by atoms with Crippen molar-refractivity contribution in [2.75, 3.05) is 38.0 Å². The second-order valence-corrected chi connectivity index (χ2v) is 6.92. The molecule has 7 nitrogen and oxygen atoms in total. The summed E-state index contributed by atoms with van der Waals surface area (Å²) in [6, 6.07) is 6.81. The number of rotatable bonds is 6. The van der Waals surface area contributed by atoms with Gasteiger partial charge in [-0.05, 0) is 12.1 Å². The van der Waals surface area contributed by atoms with Crippen molar-refractivity contribution < 1.29 is 23.1 Å². The molecule has 0 saturated carbocycles. The molecule has 150 valence electrons. The first-order valence-corrected chi connectivity index (χ1v) is 9.67. The highest BCUT2D eigenvalue weighted by Crippen LogP contribution is 2.25. The highest BCUT2D eigenvalue weighted by Gasteiger charge is 2.27. The van der Waals surface area contributed by atoms with Crippen LogP contribution in [0, 0.1) is 0 Å². The Labute approximate surface area is 164 Å². The summed E-state index contributed by atoms with van der Waals surface area (Å²) in [6.07, 6.45) is -2.41. The molecule has 2 heterocycles. The van der Waals surface area contributed by atoms with Crippen LogP contribution in [-0.4, -0.2) is 65.7 Å². The Balaban J connectivity index is 1.55. The Morgan fingerprint density at radius 1 is 1.21 bits per heavy atom. The second-order valence-electron chi connectivity index (χ2n) is 6.20. The third-order valence-corrected chi connectivity index (χ3v) is 4.88. The van der Waals surface area contributed by atoms with Crippen LogP contribution >= 0.6 is 11.3 Å². The van der Waals surface area contributed by atoms with Gasteiger partial charge in [-0.2, -0.15) is 0 Å². The van der Waals surface area contributed by atoms with Gasteiger partial charge < -0.3 is 15.0 Å². The molecule has 0 aliphatic carbocycles. The molecule has 1 aromatic heterocycles. The van der Waals surface area contributed by atoms with Crippen LogP contribution in [0.2, 0.25) is 0 Å². The molecule has 1 aliphatic rings. The predicted octanol–water partition coefficient (Wildman–Crippen LogP) is 2.07. The summed E-state index contributed by atoms with van der Waals surface area (Å²) in [5.41, 5.74) is 2.85. The van der Waals surface area contributed by atoms with E-state index in [9.17, 15) is 18.4 Å². The topological polar surface area (TPSA) is 74.8 Å². The molecule has 0 unspecified atom stereocenters. The third kappa shape index (κ3) is 5.46. The first-order chi connectivity index (χ1) is 13.5. The molecular formula is C18H20F2N4O3S. The van der Waals surface area contributed by atoms with E-state index in [2.05, 4.69) is 10.3 Å². The normalized spacial score (nSPS) is 14.9. The highest BCUT2D eigenvalue weighted by molar-refractivity contribution is 7.07. The lowest BCUT2D eigenvalue weighted by Gasteiger charge is -2.34. The zero-order chi connectivity index (χ0) is 19.9. The highest BCUT2D eigenvalue weighted by atomic mass is 32.1. The third-order valence-electron chi connectivity index (χ3n) is 4.24. The zero-order valence-electron chi connectivity index (χ0n) is 15.0. The maximum Gasteiger partial charge on any atom is 0.314 e. The molecule has 10 heteroatoms. The van der Waals surface area contributed by atoms with Crippen molar-refractivity contribution in [1.29, 1.82) is 0 Å². The van der Waals surface area contributed by atoms with Crippen molar-refractivity contribution in [3.63, 3.8) is 0 Å². The van der Waals surface area contributed by atoms with Gasteiger partial charge in [-0.3, -0.25) is 14.5 Å². The number of carbonyl (C=O) groups excluding carboxylic acids is 2. The fourth-order valence-electron chi connectivity index (χ4n) is 2.80. The number of piperazine rings is 1. The summed E-state index contributed by atoms with van der Waals surface area (Å²) in [7, 11) is 0. The van der Waals surface area contributed by atoms with E-state index < -0.39 is 18.2 Å². The van der Waals surface area contributed by atoms with Crippen molar-refractivity contribution in [3.8, 4) is 5.75 Å². The summed E-state index contributed by atoms with van der Waals surface area (Å²) in [6.45, 7) is 1.03. The summed E-state index contributed by atoms with van der Waals surface area (Å²) in [5, 5.41) is 4.43. The summed E-state index contributed by atoms with van der Waals surface area (Å²) in [5.74, 6) is -1.04. The van der Waals surface area contributed by atoms with Crippen LogP contribution in [0.15, 0.2) is 35.2 Å². The van der Waals surface area contributed by atoms with E-state index in [0.29, 0.717) is 24.5 Å². The van der Waals surface area contributed by atoms with Crippen LogP contribution in [0.1, 0.15) is 5.69 Å². The van der Waals surface area contributed by atoms with Gasteiger partial charge in [0.1, 0.15) is 12.4 Å². The first kappa shape index (κ1) is 20.2. The number of ether oxygens (including phenoxy) is 1. The van der Waals surface area contributed by atoms with E-state index >= 15 is 0 Å². The van der Waals surface area contributed by atoms with Gasteiger partial charge in [0.25, 0.3) is 6.43 Å². The molecule has 2 aromatic rings. The number of benzene rings is 1. The Hall–Kier alpha value is -2.59. The van der Waals surface area contributed by atoms with Crippen LogP contribution in [0.5, 0.6) is 5.75 Å². The van der Waals surface area contributed by atoms with Gasteiger partial charge in [-0.25, -0.2) is 13.8 Å². The monoisotopic (exact) mass is 410 g/mol. The Kier molecular flexibility index (Phi) is 6.88. The van der Waals surface area contributed by atoms with E-state index in [-0.39, 0.29) is 26.2 Å². The number of alkyl halides is 2. The average molecular weight is 410 g/mol. The molecule has 0 radical (unpaired) electrons. The minimum atomic E-state index is -2.41. The van der Waals surface area contributed by atoms with Gasteiger partial charge in [0, 0.05) is 31.6 Å². The molecule has 3 rings (SSSR count). The van der Waals surface area contributed by atoms with Crippen LogP contribution < -0.4 is 10.1 Å². The van der Waals surface area contributed by atoms with E-state index in [0.717, 1.165) is 5.69 Å². The Morgan fingerprint density at radius 3 is 2.64 bits per heavy atom. The van der Waals surface area contributed by atoms with Gasteiger partial charge in [-0.15, -0.1) is 11.3 Å². The van der Waals surface area contributed by atoms with Gasteiger partial charge in [0.2, 0.25) is 0 Å². The van der Waals surface area contributed by atoms with Crippen LogP contribution in [-0.2, 0) is 16.2 Å². The number of hydrogen-bond acceptors (Lipinski definition) is 6. The average Bonchev–Trinajstić information content (AvgIpc) is 3.20. The Bertz CT molecular complexity index is 796. The summed E-state index contributed by atoms with van der Waals surface area (Å²) in [4.78, 5) is 31.8. The van der Waals surface area contributed by atoms with E-state index in [1.165, 1.54) is 16.2 Å². The minimum Gasteiger partial charge on any atom is -0.485 e. The number of amides is 2. The van der Waals surface area contributed by atoms with E-state index in [1.807, 2.05) is 5.38 Å². The fraction of sp³-hybridized carbons (Fsp3) is 0.389. The molecule has 2 amide bonds. The SMILES string of the molecule is O=C(Nc1ccccc1OCc1cscn1)C(=O)N1CCN(CC(F)F)CC1. The predicted molar refractivity (Wildman–Crippen MR) is 101 cm³/mol. The minimum absolute atomic E-state index is 0.237. The lowest BCUT2D eigenvalue weighted by atomic mass is 10.2. The summed E-state index contributed by atoms with van der Waals surface area (Å²) < 4.78 is 30.6. The second kappa shape index (κ2) is 9.56. The summed E-state index contributed by atoms with van der Waals surface area (Å²) >= 11 is 1.46. The molecule has 1 saturated heterocycles. The van der Waals surface area contributed by atoms with Crippen molar-refractivity contribution in [2.45, 2.75) is 13.0 Å². The smallest absolute Gasteiger partial charge is 0.314 e. The molecule has 0 atom stereocenters. The molecule has 1 aliphatic heterocycles. The van der Waals surface area contributed by atoms with Gasteiger partial charge >= 0.3 is 11.8 Å². The molecule has 0 bridgehead atoms. The van der Waals surface area contributed by atoms with Gasteiger partial charge in [0.05, 0.1) is 23.4 Å². The lowest BCUT2D eigenvalue weighted by Crippen LogP contribution is -2.52. The first-order valence-electron chi connectivity index (χ1n) is 8.72. The molecule has 1 fully saturated rings. The standard InChI is InChI=1S/C18H20F2N4O3S/c19-16(20)9-23-5-7-24(8-6-23)18(26)17(25)22-14-3-1-2-4-15(14)27-10-13-11-28-12-21-13/h1-4,11-12,16H,5-10H2,(H,22,25). The number of anilines is 1. The number of para-hydroxylation sites is 2. The van der Waals surface area contributed by atoms with E-state index in [4.69, 9.17) is 4.74 Å². The van der Waals surface area contributed by atoms with Gasteiger partial charge in [-0.1, -0.05) is 12.1 Å². The molecule has 28 heavy (non-hydrogen) atoms. The number of thiazole rings is 1. The van der Waals surface area contributed by atoms with Crippen molar-refractivity contribution in [2.24, 2.45) is 0 Å². The molecule has 1 N–H and O–H groups in total. The fourth-order valence-corrected chi connectivity index (χ4v) is 3.35. The molecular weight excluding hydrogens is 390 g/mol. The van der Waals surface area contributed by atoms with Crippen LogP contribution in [0.3, 0.4) is 0 Å². The number of carbonyl (C=O) groups is 2. The molecule has 1 aromatic carbocycles. The van der Waals surface area contributed by atoms with Crippen LogP contribution in [0.25, 0.3) is 0 Å². The number of halogens is 2. The van der Waals surface area contributed by atoms with Gasteiger partial charge in [0.15, 0.2) is 0 Å². The van der Waals surface area contributed by atoms with E-state index in [1.54, 1.807) is 34.7 Å². The Morgan fingerprint density at radius 2 is 1.96 bits per heavy atom. The van der Waals surface area contributed by atoms with Crippen molar-refractivity contribution in [1.82, 2.24) is 14.8 Å². The van der Waals surface area contributed by atoms with Crippen LogP contribution in [0.4, 0.5) is 14.5 Å². The maximum atomic E-state index is 12.4. The number of hydrogen-bond donors (Lipinski definition) is 1. The van der Waals surface area contributed by atoms with Crippen molar-refractivity contribution >= 4 is 28.8 Å². The number of aromatic nitrogens is 1. The largest absolute Gasteiger partial charge is 0.485 e. The quantitative estimate of drug-likeness (QED) is 0.738. The van der Waals surface area contributed by atoms with Crippen molar-refractivity contribution in [3.05, 3.63) is 40.8 Å². The zero-order valence-corrected chi connectivity index (χ0v) is 15.8. The molecule has 0 spiro atoms. The lowest BCUT2D eigenvalue weighted by molar-refractivity contribution is -0.144. The number of nitrogens with zero attached hydrogens (tertiary/aromatic N) is 3. The maximum absolute atomic E-state index is 12.4. The number of nitrogens with one attached hydrogen (secondary N) is 1.